The van der Waals surface area contributed by atoms with Crippen molar-refractivity contribution in [3.05, 3.63) is 48.3 Å². The van der Waals surface area contributed by atoms with Crippen LogP contribution in [-0.4, -0.2) is 35.0 Å². The lowest BCUT2D eigenvalue weighted by molar-refractivity contribution is 0.325. The Morgan fingerprint density at radius 3 is 2.67 bits per heavy atom. The predicted octanol–water partition coefficient (Wildman–Crippen LogP) is 1.70. The highest BCUT2D eigenvalue weighted by atomic mass is 15.3. The highest BCUT2D eigenvalue weighted by Crippen LogP contribution is 2.07. The summed E-state index contributed by atoms with van der Waals surface area (Å²) >= 11 is 0. The number of nitrogen functional groups attached to an aromatic ring is 1. The zero-order valence-corrected chi connectivity index (χ0v) is 12.3. The Balaban J connectivity index is 1.67. The van der Waals surface area contributed by atoms with Crippen molar-refractivity contribution in [2.24, 2.45) is 5.84 Å². The molecule has 0 aliphatic carbocycles. The molecule has 2 rings (SSSR count). The summed E-state index contributed by atoms with van der Waals surface area (Å²) < 4.78 is 0. The molecule has 0 fully saturated rings. The molecule has 0 aliphatic heterocycles. The van der Waals surface area contributed by atoms with Gasteiger partial charge in [-0.25, -0.2) is 15.8 Å². The molecule has 1 aromatic carbocycles. The minimum absolute atomic E-state index is 0.605. The van der Waals surface area contributed by atoms with E-state index < -0.39 is 0 Å². The third kappa shape index (κ3) is 5.37. The molecule has 0 radical (unpaired) electrons. The van der Waals surface area contributed by atoms with Gasteiger partial charge in [-0.15, -0.1) is 0 Å². The zero-order chi connectivity index (χ0) is 14.9. The molecule has 1 aromatic heterocycles. The van der Waals surface area contributed by atoms with E-state index in [1.54, 1.807) is 6.07 Å². The van der Waals surface area contributed by atoms with Gasteiger partial charge >= 0.3 is 0 Å². The van der Waals surface area contributed by atoms with Crippen LogP contribution >= 0.6 is 0 Å². The summed E-state index contributed by atoms with van der Waals surface area (Å²) in [7, 11) is 2.13. The molecule has 6 nitrogen and oxygen atoms in total. The molecular weight excluding hydrogens is 264 g/mol. The van der Waals surface area contributed by atoms with E-state index in [0.717, 1.165) is 31.9 Å². The van der Waals surface area contributed by atoms with Crippen LogP contribution in [-0.2, 0) is 6.54 Å². The highest BCUT2D eigenvalue weighted by molar-refractivity contribution is 5.45. The summed E-state index contributed by atoms with van der Waals surface area (Å²) in [5.74, 6) is 6.70. The lowest BCUT2D eigenvalue weighted by Crippen LogP contribution is -2.21. The van der Waals surface area contributed by atoms with Gasteiger partial charge in [-0.05, 0) is 25.6 Å². The fraction of sp³-hybridized carbons (Fsp3) is 0.333. The molecule has 0 saturated heterocycles. The smallest absolute Gasteiger partial charge is 0.145 e. The van der Waals surface area contributed by atoms with Crippen LogP contribution in [0.5, 0.6) is 0 Å². The Labute approximate surface area is 125 Å². The highest BCUT2D eigenvalue weighted by Gasteiger charge is 2.00. The maximum atomic E-state index is 5.31. The topological polar surface area (TPSA) is 79.1 Å². The SMILES string of the molecule is CN(CCCNc1cc(NN)ncn1)Cc1ccccc1. The first-order valence-electron chi connectivity index (χ1n) is 7.03. The summed E-state index contributed by atoms with van der Waals surface area (Å²) in [6.07, 6.45) is 2.53. The third-order valence-electron chi connectivity index (χ3n) is 3.13. The molecule has 2 aromatic rings. The van der Waals surface area contributed by atoms with Crippen molar-refractivity contribution < 1.29 is 0 Å². The number of nitrogens with two attached hydrogens (primary N) is 1. The van der Waals surface area contributed by atoms with Crippen LogP contribution in [0.1, 0.15) is 12.0 Å². The Morgan fingerprint density at radius 2 is 1.90 bits per heavy atom. The Morgan fingerprint density at radius 1 is 1.14 bits per heavy atom. The second-order valence-corrected chi connectivity index (χ2v) is 4.94. The molecule has 0 saturated carbocycles. The van der Waals surface area contributed by atoms with Gasteiger partial charge in [0.1, 0.15) is 18.0 Å². The van der Waals surface area contributed by atoms with Gasteiger partial charge in [0.2, 0.25) is 0 Å². The van der Waals surface area contributed by atoms with Gasteiger partial charge in [-0.2, -0.15) is 0 Å². The lowest BCUT2D eigenvalue weighted by atomic mass is 10.2. The van der Waals surface area contributed by atoms with Gasteiger partial charge in [-0.3, -0.25) is 0 Å². The monoisotopic (exact) mass is 286 g/mol. The number of nitrogens with zero attached hydrogens (tertiary/aromatic N) is 3. The third-order valence-corrected chi connectivity index (χ3v) is 3.13. The zero-order valence-electron chi connectivity index (χ0n) is 12.3. The van der Waals surface area contributed by atoms with Crippen LogP contribution in [0.25, 0.3) is 0 Å². The first kappa shape index (κ1) is 15.2. The first-order chi connectivity index (χ1) is 10.3. The van der Waals surface area contributed by atoms with Crippen molar-refractivity contribution in [3.8, 4) is 0 Å². The number of aromatic nitrogens is 2. The van der Waals surface area contributed by atoms with Gasteiger partial charge in [0.15, 0.2) is 0 Å². The number of hydrogen-bond acceptors (Lipinski definition) is 6. The number of benzene rings is 1. The summed E-state index contributed by atoms with van der Waals surface area (Å²) in [5.41, 5.74) is 3.84. The van der Waals surface area contributed by atoms with Gasteiger partial charge in [0.25, 0.3) is 0 Å². The van der Waals surface area contributed by atoms with Crippen LogP contribution in [0.2, 0.25) is 0 Å². The summed E-state index contributed by atoms with van der Waals surface area (Å²) in [6, 6.07) is 12.3. The molecule has 6 heteroatoms. The van der Waals surface area contributed by atoms with Crippen LogP contribution in [0.15, 0.2) is 42.7 Å². The molecule has 21 heavy (non-hydrogen) atoms. The van der Waals surface area contributed by atoms with E-state index in [4.69, 9.17) is 5.84 Å². The van der Waals surface area contributed by atoms with Crippen LogP contribution in [0.4, 0.5) is 11.6 Å². The van der Waals surface area contributed by atoms with E-state index in [0.29, 0.717) is 5.82 Å². The van der Waals surface area contributed by atoms with Gasteiger partial charge in [0, 0.05) is 19.2 Å². The van der Waals surface area contributed by atoms with Crippen molar-refractivity contribution in [2.45, 2.75) is 13.0 Å². The number of anilines is 2. The Hall–Kier alpha value is -2.18. The van der Waals surface area contributed by atoms with Crippen molar-refractivity contribution in [1.82, 2.24) is 14.9 Å². The van der Waals surface area contributed by atoms with Gasteiger partial charge < -0.3 is 15.6 Å². The maximum Gasteiger partial charge on any atom is 0.145 e. The largest absolute Gasteiger partial charge is 0.370 e. The molecular formula is C15H22N6. The quantitative estimate of drug-likeness (QED) is 0.389. The molecule has 0 aliphatic rings. The normalized spacial score (nSPS) is 10.6. The fourth-order valence-corrected chi connectivity index (χ4v) is 2.07. The Kier molecular flexibility index (Phi) is 5.93. The molecule has 0 atom stereocenters. The standard InChI is InChI=1S/C15H22N6/c1-21(11-13-6-3-2-4-7-13)9-5-8-17-14-10-15(20-16)19-12-18-14/h2-4,6-7,10,12H,5,8-9,11,16H2,1H3,(H2,17,18,19,20). The maximum absolute atomic E-state index is 5.31. The van der Waals surface area contributed by atoms with Gasteiger partial charge in [0.05, 0.1) is 0 Å². The van der Waals surface area contributed by atoms with E-state index >= 15 is 0 Å². The van der Waals surface area contributed by atoms with E-state index in [-0.39, 0.29) is 0 Å². The minimum atomic E-state index is 0.605. The van der Waals surface area contributed by atoms with E-state index in [1.165, 1.54) is 11.9 Å². The Bertz CT molecular complexity index is 531. The lowest BCUT2D eigenvalue weighted by Gasteiger charge is -2.16. The van der Waals surface area contributed by atoms with E-state index in [1.807, 2.05) is 6.07 Å². The first-order valence-corrected chi connectivity index (χ1v) is 7.03. The number of hydrogen-bond donors (Lipinski definition) is 3. The second-order valence-electron chi connectivity index (χ2n) is 4.94. The summed E-state index contributed by atoms with van der Waals surface area (Å²) in [6.45, 7) is 2.85. The molecule has 0 bridgehead atoms. The number of nitrogens with one attached hydrogen (secondary N) is 2. The molecule has 1 heterocycles. The van der Waals surface area contributed by atoms with Crippen molar-refractivity contribution in [3.63, 3.8) is 0 Å². The molecule has 4 N–H and O–H groups in total. The number of rotatable bonds is 8. The average Bonchev–Trinajstić information content (AvgIpc) is 2.53. The van der Waals surface area contributed by atoms with E-state index in [9.17, 15) is 0 Å². The van der Waals surface area contributed by atoms with E-state index in [2.05, 4.69) is 56.9 Å². The predicted molar refractivity (Wildman–Crippen MR) is 85.7 cm³/mol. The average molecular weight is 286 g/mol. The van der Waals surface area contributed by atoms with Crippen molar-refractivity contribution in [2.75, 3.05) is 30.9 Å². The van der Waals surface area contributed by atoms with Crippen LogP contribution in [0, 0.1) is 0 Å². The fourth-order valence-electron chi connectivity index (χ4n) is 2.07. The van der Waals surface area contributed by atoms with Gasteiger partial charge in [-0.1, -0.05) is 30.3 Å². The van der Waals surface area contributed by atoms with Crippen molar-refractivity contribution >= 4 is 11.6 Å². The van der Waals surface area contributed by atoms with Crippen LogP contribution in [0.3, 0.4) is 0 Å². The molecule has 0 amide bonds. The number of hydrazine groups is 1. The summed E-state index contributed by atoms with van der Waals surface area (Å²) in [5, 5.41) is 3.27. The molecule has 112 valence electrons. The van der Waals surface area contributed by atoms with Crippen molar-refractivity contribution in [1.29, 1.82) is 0 Å². The summed E-state index contributed by atoms with van der Waals surface area (Å²) in [4.78, 5) is 10.4. The molecule has 0 unspecified atom stereocenters. The molecule has 0 spiro atoms. The van der Waals surface area contributed by atoms with Crippen LogP contribution < -0.4 is 16.6 Å². The minimum Gasteiger partial charge on any atom is -0.370 e. The second kappa shape index (κ2) is 8.18.